The molecule has 1 aliphatic carbocycles. The molecule has 0 amide bonds. The van der Waals surface area contributed by atoms with E-state index in [1.807, 2.05) is 0 Å². The average Bonchev–Trinajstić information content (AvgIpc) is 2.99. The lowest BCUT2D eigenvalue weighted by Gasteiger charge is -2.25. The second-order valence-corrected chi connectivity index (χ2v) is 6.52. The van der Waals surface area contributed by atoms with E-state index in [-0.39, 0.29) is 5.56 Å². The highest BCUT2D eigenvalue weighted by Crippen LogP contribution is 2.34. The van der Waals surface area contributed by atoms with Gasteiger partial charge >= 0.3 is 0 Å². The molecule has 0 atom stereocenters. The first kappa shape index (κ1) is 12.5. The third kappa shape index (κ3) is 2.08. The summed E-state index contributed by atoms with van der Waals surface area (Å²) in [5, 5.41) is 0.841. The molecule has 2 aromatic heterocycles. The van der Waals surface area contributed by atoms with E-state index in [2.05, 4.69) is 14.9 Å². The third-order valence-electron chi connectivity index (χ3n) is 4.10. The van der Waals surface area contributed by atoms with Gasteiger partial charge in [-0.3, -0.25) is 9.69 Å². The van der Waals surface area contributed by atoms with Crippen LogP contribution in [0, 0.1) is 0 Å². The zero-order valence-electron chi connectivity index (χ0n) is 11.3. The van der Waals surface area contributed by atoms with Gasteiger partial charge in [-0.2, -0.15) is 0 Å². The molecule has 2 aromatic rings. The van der Waals surface area contributed by atoms with E-state index in [1.165, 1.54) is 16.9 Å². The van der Waals surface area contributed by atoms with Gasteiger partial charge in [0.1, 0.15) is 10.7 Å². The van der Waals surface area contributed by atoms with Crippen molar-refractivity contribution >= 4 is 21.6 Å². The maximum absolute atomic E-state index is 12.3. The normalized spacial score (nSPS) is 19.6. The first-order chi connectivity index (χ1) is 9.81. The highest BCUT2D eigenvalue weighted by atomic mass is 32.1. The molecular formula is C14H17N3O2S. The standard InChI is InChI=1S/C14H17N3O2S/c18-13-12-9-2-1-3-10(9)20-14(12)16-11(15-13)8-17-4-6-19-7-5-17/h1-8H2,(H,15,16,18). The Morgan fingerprint density at radius 3 is 3.00 bits per heavy atom. The Morgan fingerprint density at radius 2 is 2.15 bits per heavy atom. The van der Waals surface area contributed by atoms with Crippen LogP contribution in [0.2, 0.25) is 0 Å². The highest BCUT2D eigenvalue weighted by Gasteiger charge is 2.21. The summed E-state index contributed by atoms with van der Waals surface area (Å²) in [4.78, 5) is 24.5. The van der Waals surface area contributed by atoms with Gasteiger partial charge in [0.25, 0.3) is 5.56 Å². The summed E-state index contributed by atoms with van der Waals surface area (Å²) < 4.78 is 5.34. The number of aryl methyl sites for hydroxylation is 2. The number of rotatable bonds is 2. The number of hydrogen-bond donors (Lipinski definition) is 1. The number of hydrogen-bond acceptors (Lipinski definition) is 5. The largest absolute Gasteiger partial charge is 0.379 e. The number of aromatic amines is 1. The second-order valence-electron chi connectivity index (χ2n) is 5.44. The van der Waals surface area contributed by atoms with Crippen LogP contribution in [0.15, 0.2) is 4.79 Å². The SMILES string of the molecule is O=c1[nH]c(CN2CCOCC2)nc2sc3c(c12)CCC3. The van der Waals surface area contributed by atoms with Crippen LogP contribution in [0.4, 0.5) is 0 Å². The molecule has 1 aliphatic heterocycles. The van der Waals surface area contributed by atoms with Crippen LogP contribution in [-0.2, 0) is 24.1 Å². The van der Waals surface area contributed by atoms with Crippen LogP contribution in [0.3, 0.4) is 0 Å². The number of ether oxygens (including phenoxy) is 1. The van der Waals surface area contributed by atoms with Gasteiger partial charge in [-0.1, -0.05) is 0 Å². The Bertz CT molecular complexity index is 700. The first-order valence-electron chi connectivity index (χ1n) is 7.15. The second kappa shape index (κ2) is 4.95. The summed E-state index contributed by atoms with van der Waals surface area (Å²) in [6, 6.07) is 0. The molecule has 1 saturated heterocycles. The zero-order chi connectivity index (χ0) is 13.5. The maximum atomic E-state index is 12.3. The predicted octanol–water partition coefficient (Wildman–Crippen LogP) is 1.31. The average molecular weight is 291 g/mol. The van der Waals surface area contributed by atoms with E-state index in [0.717, 1.165) is 55.2 Å². The van der Waals surface area contributed by atoms with E-state index in [9.17, 15) is 4.79 Å². The van der Waals surface area contributed by atoms with Gasteiger partial charge in [0.05, 0.1) is 25.1 Å². The molecule has 0 radical (unpaired) electrons. The molecule has 1 fully saturated rings. The lowest BCUT2D eigenvalue weighted by molar-refractivity contribution is 0.0331. The van der Waals surface area contributed by atoms with Crippen molar-refractivity contribution in [3.63, 3.8) is 0 Å². The smallest absolute Gasteiger partial charge is 0.259 e. The van der Waals surface area contributed by atoms with Crippen molar-refractivity contribution in [3.05, 3.63) is 26.6 Å². The van der Waals surface area contributed by atoms with E-state index < -0.39 is 0 Å². The van der Waals surface area contributed by atoms with Gasteiger partial charge in [0, 0.05) is 18.0 Å². The fourth-order valence-corrected chi connectivity index (χ4v) is 4.37. The number of aromatic nitrogens is 2. The fraction of sp³-hybridized carbons (Fsp3) is 0.571. The molecular weight excluding hydrogens is 274 g/mol. The number of fused-ring (bicyclic) bond motifs is 3. The van der Waals surface area contributed by atoms with Crippen molar-refractivity contribution in [1.29, 1.82) is 0 Å². The minimum Gasteiger partial charge on any atom is -0.379 e. The molecule has 106 valence electrons. The Morgan fingerprint density at radius 1 is 1.30 bits per heavy atom. The van der Waals surface area contributed by atoms with Crippen molar-refractivity contribution in [1.82, 2.24) is 14.9 Å². The molecule has 0 aromatic carbocycles. The molecule has 20 heavy (non-hydrogen) atoms. The molecule has 0 saturated carbocycles. The van der Waals surface area contributed by atoms with Crippen LogP contribution < -0.4 is 5.56 Å². The molecule has 0 spiro atoms. The first-order valence-corrected chi connectivity index (χ1v) is 7.96. The van der Waals surface area contributed by atoms with Crippen LogP contribution in [-0.4, -0.2) is 41.2 Å². The molecule has 5 nitrogen and oxygen atoms in total. The van der Waals surface area contributed by atoms with Crippen molar-refractivity contribution < 1.29 is 4.74 Å². The van der Waals surface area contributed by atoms with Gasteiger partial charge in [0.2, 0.25) is 0 Å². The summed E-state index contributed by atoms with van der Waals surface area (Å²) in [5.74, 6) is 0.782. The predicted molar refractivity (Wildman–Crippen MR) is 78.4 cm³/mol. The number of nitrogens with one attached hydrogen (secondary N) is 1. The van der Waals surface area contributed by atoms with Crippen LogP contribution >= 0.6 is 11.3 Å². The van der Waals surface area contributed by atoms with Gasteiger partial charge in [-0.05, 0) is 24.8 Å². The van der Waals surface area contributed by atoms with Crippen molar-refractivity contribution in [2.45, 2.75) is 25.8 Å². The summed E-state index contributed by atoms with van der Waals surface area (Å²) in [7, 11) is 0. The quantitative estimate of drug-likeness (QED) is 0.906. The van der Waals surface area contributed by atoms with E-state index in [0.29, 0.717) is 6.54 Å². The molecule has 0 bridgehead atoms. The van der Waals surface area contributed by atoms with E-state index in [4.69, 9.17) is 4.74 Å². The summed E-state index contributed by atoms with van der Waals surface area (Å²) in [6.45, 7) is 4.04. The summed E-state index contributed by atoms with van der Waals surface area (Å²) in [6.07, 6.45) is 3.31. The fourth-order valence-electron chi connectivity index (χ4n) is 3.09. The van der Waals surface area contributed by atoms with Gasteiger partial charge in [-0.25, -0.2) is 4.98 Å². The van der Waals surface area contributed by atoms with Gasteiger partial charge in [0.15, 0.2) is 0 Å². The monoisotopic (exact) mass is 291 g/mol. The lowest BCUT2D eigenvalue weighted by Crippen LogP contribution is -2.36. The van der Waals surface area contributed by atoms with Crippen LogP contribution in [0.1, 0.15) is 22.7 Å². The Kier molecular flexibility index (Phi) is 3.09. The zero-order valence-corrected chi connectivity index (χ0v) is 12.1. The molecule has 0 unspecified atom stereocenters. The van der Waals surface area contributed by atoms with Crippen molar-refractivity contribution in [3.8, 4) is 0 Å². The van der Waals surface area contributed by atoms with Crippen LogP contribution in [0.5, 0.6) is 0 Å². The molecule has 4 rings (SSSR count). The van der Waals surface area contributed by atoms with E-state index >= 15 is 0 Å². The van der Waals surface area contributed by atoms with Crippen molar-refractivity contribution in [2.75, 3.05) is 26.3 Å². The van der Waals surface area contributed by atoms with Crippen LogP contribution in [0.25, 0.3) is 10.2 Å². The molecule has 3 heterocycles. The molecule has 2 aliphatic rings. The maximum Gasteiger partial charge on any atom is 0.259 e. The summed E-state index contributed by atoms with van der Waals surface area (Å²) >= 11 is 1.70. The number of H-pyrrole nitrogens is 1. The molecule has 6 heteroatoms. The van der Waals surface area contributed by atoms with Gasteiger partial charge < -0.3 is 9.72 Å². The van der Waals surface area contributed by atoms with E-state index in [1.54, 1.807) is 11.3 Å². The Hall–Kier alpha value is -1.24. The van der Waals surface area contributed by atoms with Gasteiger partial charge in [-0.15, -0.1) is 11.3 Å². The minimum absolute atomic E-state index is 0.0395. The number of morpholine rings is 1. The number of nitrogens with zero attached hydrogens (tertiary/aromatic N) is 2. The van der Waals surface area contributed by atoms with Crippen molar-refractivity contribution in [2.24, 2.45) is 0 Å². The third-order valence-corrected chi connectivity index (χ3v) is 5.29. The topological polar surface area (TPSA) is 58.2 Å². The summed E-state index contributed by atoms with van der Waals surface area (Å²) in [5.41, 5.74) is 1.29. The Labute approximate surface area is 120 Å². The highest BCUT2D eigenvalue weighted by molar-refractivity contribution is 7.18. The lowest BCUT2D eigenvalue weighted by atomic mass is 10.2. The molecule has 1 N–H and O–H groups in total. The minimum atomic E-state index is 0.0395. The Balaban J connectivity index is 1.69. The number of thiophene rings is 1.